The van der Waals surface area contributed by atoms with Crippen LogP contribution in [-0.4, -0.2) is 4.98 Å². The molecule has 0 radical (unpaired) electrons. The molecule has 2 nitrogen and oxygen atoms in total. The van der Waals surface area contributed by atoms with Crippen molar-refractivity contribution in [2.75, 3.05) is 0 Å². The molecule has 17 heavy (non-hydrogen) atoms. The number of nitrogens with zero attached hydrogens (tertiary/aromatic N) is 1. The molecule has 0 fully saturated rings. The number of hydrogen-bond donors (Lipinski definition) is 0. The molecule has 0 spiro atoms. The standard InChI is InChI=1S/C13H8NOS.Li/c1-2-4-10(5-3-1)15-12-8-14-9-13-11(12)6-7-16-13;/h1-6,8-9H;/q-1;+1. The molecule has 0 saturated carbocycles. The Morgan fingerprint density at radius 3 is 2.76 bits per heavy atom. The molecule has 3 aromatic rings. The molecule has 0 aliphatic heterocycles. The Morgan fingerprint density at radius 2 is 1.94 bits per heavy atom. The van der Waals surface area contributed by atoms with E-state index in [2.05, 4.69) is 10.4 Å². The number of aromatic nitrogens is 1. The van der Waals surface area contributed by atoms with Gasteiger partial charge in [-0.25, -0.2) is 0 Å². The minimum atomic E-state index is 0. The second-order valence-electron chi connectivity index (χ2n) is 3.33. The van der Waals surface area contributed by atoms with Gasteiger partial charge >= 0.3 is 18.9 Å². The largest absolute Gasteiger partial charge is 1.00 e. The van der Waals surface area contributed by atoms with Crippen LogP contribution in [0.2, 0.25) is 0 Å². The van der Waals surface area contributed by atoms with E-state index < -0.39 is 0 Å². The van der Waals surface area contributed by atoms with Crippen molar-refractivity contribution in [3.63, 3.8) is 0 Å². The van der Waals surface area contributed by atoms with Gasteiger partial charge < -0.3 is 4.74 Å². The van der Waals surface area contributed by atoms with Crippen LogP contribution in [0.25, 0.3) is 10.1 Å². The molecule has 78 valence electrons. The smallest absolute Gasteiger partial charge is 0.469 e. The van der Waals surface area contributed by atoms with Crippen molar-refractivity contribution in [1.82, 2.24) is 4.98 Å². The summed E-state index contributed by atoms with van der Waals surface area (Å²) in [5.74, 6) is 1.60. The average Bonchev–Trinajstić information content (AvgIpc) is 2.80. The van der Waals surface area contributed by atoms with Gasteiger partial charge in [0.05, 0.1) is 11.9 Å². The summed E-state index contributed by atoms with van der Waals surface area (Å²) >= 11 is 1.54. The summed E-state index contributed by atoms with van der Waals surface area (Å²) in [6, 6.07) is 11.6. The molecular formula is C13H8LiNOS. The summed E-state index contributed by atoms with van der Waals surface area (Å²) in [4.78, 5) is 4.15. The van der Waals surface area contributed by atoms with Gasteiger partial charge in [-0.15, -0.1) is 10.8 Å². The summed E-state index contributed by atoms with van der Waals surface area (Å²) in [5, 5.41) is 4.14. The summed E-state index contributed by atoms with van der Waals surface area (Å²) in [5.41, 5.74) is 0. The zero-order valence-corrected chi connectivity index (χ0v) is 10.2. The van der Waals surface area contributed by atoms with Gasteiger partial charge in [0.2, 0.25) is 0 Å². The van der Waals surface area contributed by atoms with E-state index in [1.165, 1.54) is 0 Å². The maximum absolute atomic E-state index is 5.77. The molecule has 0 N–H and O–H groups in total. The number of hydrogen-bond acceptors (Lipinski definition) is 3. The molecule has 0 aliphatic carbocycles. The number of pyridine rings is 1. The average molecular weight is 233 g/mol. The van der Waals surface area contributed by atoms with Crippen molar-refractivity contribution in [3.8, 4) is 11.5 Å². The molecular weight excluding hydrogens is 225 g/mol. The van der Waals surface area contributed by atoms with E-state index in [-0.39, 0.29) is 18.9 Å². The van der Waals surface area contributed by atoms with Gasteiger partial charge in [-0.2, -0.15) is 6.07 Å². The molecule has 0 aliphatic rings. The zero-order chi connectivity index (χ0) is 10.8. The molecule has 1 aromatic carbocycles. The van der Waals surface area contributed by atoms with Crippen molar-refractivity contribution in [2.45, 2.75) is 0 Å². The quantitative estimate of drug-likeness (QED) is 0.484. The van der Waals surface area contributed by atoms with E-state index in [1.54, 1.807) is 17.5 Å². The molecule has 4 heteroatoms. The van der Waals surface area contributed by atoms with E-state index >= 15 is 0 Å². The Balaban J connectivity index is 0.00000108. The third kappa shape index (κ3) is 2.53. The first-order valence-electron chi connectivity index (χ1n) is 4.90. The molecule has 2 aromatic heterocycles. The summed E-state index contributed by atoms with van der Waals surface area (Å²) in [6.45, 7) is 0. The molecule has 0 saturated heterocycles. The van der Waals surface area contributed by atoms with E-state index in [0.717, 1.165) is 21.6 Å². The molecule has 0 amide bonds. The minimum Gasteiger partial charge on any atom is -0.469 e. The molecule has 0 bridgehead atoms. The van der Waals surface area contributed by atoms with Crippen molar-refractivity contribution in [3.05, 3.63) is 54.2 Å². The fourth-order valence-corrected chi connectivity index (χ4v) is 2.19. The van der Waals surface area contributed by atoms with Crippen LogP contribution in [0.5, 0.6) is 11.5 Å². The fraction of sp³-hybridized carbons (Fsp3) is 0. The Morgan fingerprint density at radius 1 is 1.12 bits per heavy atom. The van der Waals surface area contributed by atoms with Gasteiger partial charge in [0.1, 0.15) is 5.75 Å². The number of rotatable bonds is 2. The van der Waals surface area contributed by atoms with Gasteiger partial charge in [-0.1, -0.05) is 22.9 Å². The van der Waals surface area contributed by atoms with Crippen LogP contribution in [-0.2, 0) is 0 Å². The second-order valence-corrected chi connectivity index (χ2v) is 4.21. The number of benzene rings is 1. The minimum absolute atomic E-state index is 0. The number of fused-ring (bicyclic) bond motifs is 1. The predicted molar refractivity (Wildman–Crippen MR) is 65.0 cm³/mol. The third-order valence-corrected chi connectivity index (χ3v) is 3.04. The van der Waals surface area contributed by atoms with Gasteiger partial charge in [-0.3, -0.25) is 16.3 Å². The maximum Gasteiger partial charge on any atom is 1.00 e. The molecule has 3 rings (SSSR count). The Bertz CT molecular complexity index is 609. The van der Waals surface area contributed by atoms with Crippen molar-refractivity contribution < 1.29 is 23.6 Å². The zero-order valence-electron chi connectivity index (χ0n) is 9.38. The number of thiophene rings is 1. The van der Waals surface area contributed by atoms with Gasteiger partial charge in [0, 0.05) is 0 Å². The fourth-order valence-electron chi connectivity index (χ4n) is 1.51. The first kappa shape index (κ1) is 12.2. The Hall–Kier alpha value is -1.27. The van der Waals surface area contributed by atoms with Gasteiger partial charge in [0.25, 0.3) is 0 Å². The predicted octanol–water partition coefficient (Wildman–Crippen LogP) is 0.893. The van der Waals surface area contributed by atoms with Crippen LogP contribution in [0.15, 0.2) is 48.8 Å². The first-order valence-corrected chi connectivity index (χ1v) is 5.71. The van der Waals surface area contributed by atoms with E-state index in [0.29, 0.717) is 0 Å². The van der Waals surface area contributed by atoms with Crippen molar-refractivity contribution in [1.29, 1.82) is 0 Å². The maximum atomic E-state index is 5.77. The number of para-hydroxylation sites is 1. The first-order chi connectivity index (χ1) is 7.93. The van der Waals surface area contributed by atoms with Crippen LogP contribution in [0.1, 0.15) is 0 Å². The van der Waals surface area contributed by atoms with Crippen LogP contribution < -0.4 is 23.6 Å². The van der Waals surface area contributed by atoms with Gasteiger partial charge in [-0.05, 0) is 18.3 Å². The second kappa shape index (κ2) is 5.37. The third-order valence-electron chi connectivity index (χ3n) is 2.26. The van der Waals surface area contributed by atoms with Crippen molar-refractivity contribution in [2.24, 2.45) is 0 Å². The molecule has 0 unspecified atom stereocenters. The summed E-state index contributed by atoms with van der Waals surface area (Å²) in [6.07, 6.45) is 3.56. The SMILES string of the molecule is [Li+].[c-]1cc2c(Oc3ccccc3)cncc2s1. The van der Waals surface area contributed by atoms with Gasteiger partial charge in [0.15, 0.2) is 0 Å². The van der Waals surface area contributed by atoms with Crippen LogP contribution in [0, 0.1) is 5.38 Å². The Labute approximate surface area is 115 Å². The number of ether oxygens (including phenoxy) is 1. The van der Waals surface area contributed by atoms with Crippen LogP contribution in [0.4, 0.5) is 0 Å². The van der Waals surface area contributed by atoms with Crippen LogP contribution in [0.3, 0.4) is 0 Å². The normalized spacial score (nSPS) is 9.88. The van der Waals surface area contributed by atoms with E-state index in [4.69, 9.17) is 4.74 Å². The Kier molecular flexibility index (Phi) is 3.85. The van der Waals surface area contributed by atoms with Crippen molar-refractivity contribution >= 4 is 21.4 Å². The summed E-state index contributed by atoms with van der Waals surface area (Å²) in [7, 11) is 0. The molecule has 0 atom stereocenters. The monoisotopic (exact) mass is 233 g/mol. The van der Waals surface area contributed by atoms with E-state index in [9.17, 15) is 0 Å². The summed E-state index contributed by atoms with van der Waals surface area (Å²) < 4.78 is 6.87. The topological polar surface area (TPSA) is 22.1 Å². The van der Waals surface area contributed by atoms with E-state index in [1.807, 2.05) is 42.6 Å². The molecule has 2 heterocycles. The van der Waals surface area contributed by atoms with Crippen LogP contribution >= 0.6 is 11.3 Å².